The van der Waals surface area contributed by atoms with E-state index < -0.39 is 0 Å². The number of anilines is 1. The van der Waals surface area contributed by atoms with Crippen LogP contribution in [-0.2, 0) is 13.2 Å². The quantitative estimate of drug-likeness (QED) is 0.434. The number of nitrogens with zero attached hydrogens (tertiary/aromatic N) is 5. The minimum absolute atomic E-state index is 0.111. The van der Waals surface area contributed by atoms with Crippen LogP contribution in [0.4, 0.5) is 5.95 Å². The maximum atomic E-state index is 13.5. The van der Waals surface area contributed by atoms with Crippen LogP contribution in [0, 0.1) is 6.92 Å². The van der Waals surface area contributed by atoms with Crippen LogP contribution in [0.15, 0.2) is 73.1 Å². The van der Waals surface area contributed by atoms with E-state index >= 15 is 0 Å². The minimum Gasteiger partial charge on any atom is -0.486 e. The number of fused-ring (bicyclic) bond motifs is 4. The van der Waals surface area contributed by atoms with Gasteiger partial charge in [-0.3, -0.25) is 9.69 Å². The number of pyridine rings is 1. The Morgan fingerprint density at radius 1 is 1.00 bits per heavy atom. The number of hydrogen-bond donors (Lipinski definition) is 0. The van der Waals surface area contributed by atoms with E-state index in [2.05, 4.69) is 9.55 Å². The van der Waals surface area contributed by atoms with Crippen LogP contribution in [0.25, 0.3) is 16.7 Å². The molecule has 0 fully saturated rings. The number of carbonyl (C=O) groups excluding carboxylic acids is 1. The SMILES string of the molecule is Cc1cccn2cc(COc3ccccc3C(=O)N3CCn4c3nc3ccccc34)nc12. The molecule has 0 aliphatic carbocycles. The average molecular weight is 423 g/mol. The second-order valence-corrected chi connectivity index (χ2v) is 7.95. The maximum absolute atomic E-state index is 13.5. The number of rotatable bonds is 4. The van der Waals surface area contributed by atoms with Gasteiger partial charge in [-0.05, 0) is 42.8 Å². The molecule has 0 N–H and O–H groups in total. The highest BCUT2D eigenvalue weighted by molar-refractivity contribution is 6.08. The molecule has 0 bridgehead atoms. The first-order valence-corrected chi connectivity index (χ1v) is 10.6. The summed E-state index contributed by atoms with van der Waals surface area (Å²) in [7, 11) is 0. The Kier molecular flexibility index (Phi) is 4.21. The normalized spacial score (nSPS) is 13.1. The zero-order chi connectivity index (χ0) is 21.7. The fraction of sp³-hybridized carbons (Fsp3) is 0.160. The van der Waals surface area contributed by atoms with Crippen molar-refractivity contribution >= 4 is 28.5 Å². The van der Waals surface area contributed by atoms with E-state index in [4.69, 9.17) is 9.72 Å². The second kappa shape index (κ2) is 7.23. The Labute approximate surface area is 184 Å². The fourth-order valence-electron chi connectivity index (χ4n) is 4.32. The molecular formula is C25H21N5O2. The topological polar surface area (TPSA) is 64.7 Å². The molecule has 0 saturated carbocycles. The Balaban J connectivity index is 1.28. The highest BCUT2D eigenvalue weighted by Crippen LogP contribution is 2.30. The van der Waals surface area contributed by atoms with E-state index in [9.17, 15) is 4.79 Å². The van der Waals surface area contributed by atoms with E-state index in [1.165, 1.54) is 0 Å². The highest BCUT2D eigenvalue weighted by atomic mass is 16.5. The summed E-state index contributed by atoms with van der Waals surface area (Å²) >= 11 is 0. The first kappa shape index (κ1) is 18.6. The number of aromatic nitrogens is 4. The van der Waals surface area contributed by atoms with Gasteiger partial charge in [0.15, 0.2) is 0 Å². The standard InChI is InChI=1S/C25H21N5O2/c1-17-7-6-12-28-15-18(26-23(17)28)16-32-22-11-5-2-8-19(22)24(31)30-14-13-29-21-10-4-3-9-20(21)27-25(29)30/h2-12,15H,13-14,16H2,1H3. The van der Waals surface area contributed by atoms with Gasteiger partial charge in [0.1, 0.15) is 18.0 Å². The van der Waals surface area contributed by atoms with Gasteiger partial charge >= 0.3 is 0 Å². The molecule has 0 saturated heterocycles. The van der Waals surface area contributed by atoms with Crippen LogP contribution in [-0.4, -0.2) is 31.4 Å². The zero-order valence-corrected chi connectivity index (χ0v) is 17.6. The molecule has 0 unspecified atom stereocenters. The molecule has 2 aromatic carbocycles. The predicted molar refractivity (Wildman–Crippen MR) is 122 cm³/mol. The van der Waals surface area contributed by atoms with Crippen molar-refractivity contribution in [1.82, 2.24) is 18.9 Å². The lowest BCUT2D eigenvalue weighted by Gasteiger charge is -2.16. The van der Waals surface area contributed by atoms with Gasteiger partial charge in [0.05, 0.1) is 22.3 Å². The Morgan fingerprint density at radius 3 is 2.75 bits per heavy atom. The number of ether oxygens (including phenoxy) is 1. The minimum atomic E-state index is -0.111. The van der Waals surface area contributed by atoms with Crippen LogP contribution in [0.2, 0.25) is 0 Å². The van der Waals surface area contributed by atoms with Crippen molar-refractivity contribution in [1.29, 1.82) is 0 Å². The lowest BCUT2D eigenvalue weighted by Crippen LogP contribution is -2.29. The third-order valence-electron chi connectivity index (χ3n) is 5.89. The summed E-state index contributed by atoms with van der Waals surface area (Å²) in [6, 6.07) is 19.3. The Morgan fingerprint density at radius 2 is 1.84 bits per heavy atom. The van der Waals surface area contributed by atoms with Crippen molar-refractivity contribution in [3.8, 4) is 5.75 Å². The lowest BCUT2D eigenvalue weighted by atomic mass is 10.1. The third-order valence-corrected chi connectivity index (χ3v) is 5.89. The molecule has 3 aromatic heterocycles. The summed E-state index contributed by atoms with van der Waals surface area (Å²) in [5.41, 5.74) is 5.28. The molecule has 1 aliphatic heterocycles. The van der Waals surface area contributed by atoms with Gasteiger partial charge in [-0.2, -0.15) is 0 Å². The van der Waals surface area contributed by atoms with Gasteiger partial charge in [-0.25, -0.2) is 9.97 Å². The molecule has 0 atom stereocenters. The van der Waals surface area contributed by atoms with Crippen LogP contribution >= 0.6 is 0 Å². The first-order valence-electron chi connectivity index (χ1n) is 10.6. The first-order chi connectivity index (χ1) is 15.7. The van der Waals surface area contributed by atoms with Gasteiger partial charge in [0.2, 0.25) is 5.95 Å². The summed E-state index contributed by atoms with van der Waals surface area (Å²) in [6.07, 6.45) is 3.92. The number of benzene rings is 2. The molecule has 5 aromatic rings. The number of amides is 1. The molecule has 4 heterocycles. The third kappa shape index (κ3) is 2.93. The smallest absolute Gasteiger partial charge is 0.264 e. The van der Waals surface area contributed by atoms with Gasteiger partial charge < -0.3 is 13.7 Å². The van der Waals surface area contributed by atoms with E-state index in [1.807, 2.05) is 78.3 Å². The molecule has 1 aliphatic rings. The van der Waals surface area contributed by atoms with Gasteiger partial charge in [0, 0.05) is 25.5 Å². The molecule has 0 radical (unpaired) electrons. The van der Waals surface area contributed by atoms with Crippen molar-refractivity contribution in [3.63, 3.8) is 0 Å². The number of aryl methyl sites for hydroxylation is 1. The summed E-state index contributed by atoms with van der Waals surface area (Å²) in [4.78, 5) is 24.6. The van der Waals surface area contributed by atoms with Crippen molar-refractivity contribution in [3.05, 3.63) is 89.9 Å². The molecule has 158 valence electrons. The highest BCUT2D eigenvalue weighted by Gasteiger charge is 2.30. The summed E-state index contributed by atoms with van der Waals surface area (Å²) < 4.78 is 10.1. The molecule has 1 amide bonds. The van der Waals surface area contributed by atoms with Crippen molar-refractivity contribution in [2.75, 3.05) is 11.4 Å². The van der Waals surface area contributed by atoms with Crippen LogP contribution in [0.1, 0.15) is 21.6 Å². The summed E-state index contributed by atoms with van der Waals surface area (Å²) in [5.74, 6) is 1.11. The molecule has 7 heteroatoms. The van der Waals surface area contributed by atoms with Gasteiger partial charge in [-0.15, -0.1) is 0 Å². The average Bonchev–Trinajstić information content (AvgIpc) is 3.51. The van der Waals surface area contributed by atoms with Crippen LogP contribution in [0.3, 0.4) is 0 Å². The number of carbonyl (C=O) groups is 1. The van der Waals surface area contributed by atoms with E-state index in [0.29, 0.717) is 23.8 Å². The number of hydrogen-bond acceptors (Lipinski definition) is 4. The lowest BCUT2D eigenvalue weighted by molar-refractivity contribution is 0.0984. The number of para-hydroxylation sites is 3. The Hall–Kier alpha value is -4.13. The van der Waals surface area contributed by atoms with Crippen molar-refractivity contribution in [2.24, 2.45) is 0 Å². The van der Waals surface area contributed by atoms with Gasteiger partial charge in [0.25, 0.3) is 5.91 Å². The zero-order valence-electron chi connectivity index (χ0n) is 17.6. The predicted octanol–water partition coefficient (Wildman–Crippen LogP) is 4.23. The van der Waals surface area contributed by atoms with Gasteiger partial charge in [-0.1, -0.05) is 30.3 Å². The van der Waals surface area contributed by atoms with E-state index in [-0.39, 0.29) is 12.5 Å². The summed E-state index contributed by atoms with van der Waals surface area (Å²) in [5, 5.41) is 0. The Bertz CT molecular complexity index is 1480. The largest absolute Gasteiger partial charge is 0.486 e. The van der Waals surface area contributed by atoms with Crippen LogP contribution in [0.5, 0.6) is 5.75 Å². The molecule has 32 heavy (non-hydrogen) atoms. The molecule has 0 spiro atoms. The second-order valence-electron chi connectivity index (χ2n) is 7.95. The van der Waals surface area contributed by atoms with E-state index in [1.54, 1.807) is 11.0 Å². The van der Waals surface area contributed by atoms with Crippen molar-refractivity contribution in [2.45, 2.75) is 20.1 Å². The monoisotopic (exact) mass is 423 g/mol. The molecular weight excluding hydrogens is 402 g/mol. The molecule has 7 nitrogen and oxygen atoms in total. The molecule has 6 rings (SSSR count). The fourth-order valence-corrected chi connectivity index (χ4v) is 4.32. The summed E-state index contributed by atoms with van der Waals surface area (Å²) in [6.45, 7) is 3.63. The van der Waals surface area contributed by atoms with E-state index in [0.717, 1.165) is 34.5 Å². The van der Waals surface area contributed by atoms with Crippen LogP contribution < -0.4 is 9.64 Å². The maximum Gasteiger partial charge on any atom is 0.264 e. The number of imidazole rings is 2. The van der Waals surface area contributed by atoms with Crippen molar-refractivity contribution < 1.29 is 9.53 Å².